The number of aromatic nitrogens is 1. The van der Waals surface area contributed by atoms with Crippen molar-refractivity contribution in [1.82, 2.24) is 4.98 Å². The van der Waals surface area contributed by atoms with E-state index in [0.29, 0.717) is 6.54 Å². The Hall–Kier alpha value is -0.130. The molecule has 1 fully saturated rings. The molecule has 0 aliphatic heterocycles. The average Bonchev–Trinajstić information content (AvgIpc) is 2.32. The molecule has 0 amide bonds. The van der Waals surface area contributed by atoms with Gasteiger partial charge in [0.1, 0.15) is 5.82 Å². The van der Waals surface area contributed by atoms with E-state index in [9.17, 15) is 5.11 Å². The number of pyridine rings is 1. The molecule has 0 spiro atoms. The summed E-state index contributed by atoms with van der Waals surface area (Å²) in [5.74, 6) is 1.52. The van der Waals surface area contributed by atoms with Gasteiger partial charge in [-0.25, -0.2) is 4.98 Å². The number of halogens is 2. The standard InChI is InChI=1S/C13H18Br2N2O/c1-9-2-4-13(18,5-3-9)8-17-12-11(15)6-10(14)7-16-12/h6-7,9,18H,2-5,8H2,1H3,(H,16,17). The molecule has 1 aliphatic rings. The first-order chi connectivity index (χ1) is 8.48. The topological polar surface area (TPSA) is 45.1 Å². The first-order valence-corrected chi connectivity index (χ1v) is 7.84. The highest BCUT2D eigenvalue weighted by Gasteiger charge is 2.31. The van der Waals surface area contributed by atoms with Crippen molar-refractivity contribution in [2.45, 2.75) is 38.2 Å². The fraction of sp³-hybridized carbons (Fsp3) is 0.615. The Bertz CT molecular complexity index is 417. The van der Waals surface area contributed by atoms with Crippen LogP contribution in [0.15, 0.2) is 21.2 Å². The van der Waals surface area contributed by atoms with Crippen LogP contribution in [-0.2, 0) is 0 Å². The second kappa shape index (κ2) is 5.88. The first kappa shape index (κ1) is 14.3. The van der Waals surface area contributed by atoms with E-state index in [4.69, 9.17) is 0 Å². The minimum atomic E-state index is -0.583. The molecule has 0 saturated heterocycles. The molecule has 3 nitrogen and oxygen atoms in total. The van der Waals surface area contributed by atoms with Crippen LogP contribution in [0.2, 0.25) is 0 Å². The molecule has 18 heavy (non-hydrogen) atoms. The summed E-state index contributed by atoms with van der Waals surface area (Å²) in [7, 11) is 0. The SMILES string of the molecule is CC1CCC(O)(CNc2ncc(Br)cc2Br)CC1. The van der Waals surface area contributed by atoms with Crippen LogP contribution in [0.25, 0.3) is 0 Å². The molecule has 0 atom stereocenters. The summed E-state index contributed by atoms with van der Waals surface area (Å²) in [5.41, 5.74) is -0.583. The van der Waals surface area contributed by atoms with Gasteiger partial charge in [0.2, 0.25) is 0 Å². The van der Waals surface area contributed by atoms with Gasteiger partial charge in [-0.1, -0.05) is 6.92 Å². The Morgan fingerprint density at radius 2 is 2.11 bits per heavy atom. The van der Waals surface area contributed by atoms with E-state index in [1.807, 2.05) is 6.07 Å². The average molecular weight is 378 g/mol. The van der Waals surface area contributed by atoms with Gasteiger partial charge in [-0.2, -0.15) is 0 Å². The zero-order chi connectivity index (χ0) is 13.2. The van der Waals surface area contributed by atoms with Crippen molar-refractivity contribution in [2.75, 3.05) is 11.9 Å². The number of hydrogen-bond acceptors (Lipinski definition) is 3. The molecule has 1 saturated carbocycles. The third kappa shape index (κ3) is 3.68. The molecule has 1 aromatic rings. The molecule has 5 heteroatoms. The van der Waals surface area contributed by atoms with Gasteiger partial charge < -0.3 is 10.4 Å². The molecule has 1 aromatic heterocycles. The van der Waals surface area contributed by atoms with E-state index in [0.717, 1.165) is 46.4 Å². The van der Waals surface area contributed by atoms with Crippen molar-refractivity contribution >= 4 is 37.7 Å². The molecule has 2 N–H and O–H groups in total. The summed E-state index contributed by atoms with van der Waals surface area (Å²) in [6.45, 7) is 2.81. The van der Waals surface area contributed by atoms with E-state index in [1.165, 1.54) is 0 Å². The van der Waals surface area contributed by atoms with Gasteiger partial charge in [0.15, 0.2) is 0 Å². The minimum Gasteiger partial charge on any atom is -0.388 e. The lowest BCUT2D eigenvalue weighted by Gasteiger charge is -2.35. The van der Waals surface area contributed by atoms with Crippen LogP contribution in [0.5, 0.6) is 0 Å². The lowest BCUT2D eigenvalue weighted by Crippen LogP contribution is -2.40. The maximum Gasteiger partial charge on any atom is 0.140 e. The Balaban J connectivity index is 1.94. The molecule has 100 valence electrons. The summed E-state index contributed by atoms with van der Waals surface area (Å²) in [5, 5.41) is 13.7. The zero-order valence-corrected chi connectivity index (χ0v) is 13.6. The zero-order valence-electron chi connectivity index (χ0n) is 10.4. The third-order valence-corrected chi connectivity index (χ3v) is 4.64. The highest BCUT2D eigenvalue weighted by Crippen LogP contribution is 2.32. The summed E-state index contributed by atoms with van der Waals surface area (Å²) in [6, 6.07) is 1.95. The lowest BCUT2D eigenvalue weighted by atomic mass is 9.79. The molecule has 1 aliphatic carbocycles. The van der Waals surface area contributed by atoms with Gasteiger partial charge >= 0.3 is 0 Å². The summed E-state index contributed by atoms with van der Waals surface area (Å²) in [4.78, 5) is 4.29. The molecule has 0 aromatic carbocycles. The second-order valence-corrected chi connectivity index (χ2v) is 7.01. The maximum absolute atomic E-state index is 10.5. The van der Waals surface area contributed by atoms with E-state index < -0.39 is 5.60 Å². The van der Waals surface area contributed by atoms with E-state index in [1.54, 1.807) is 6.20 Å². The van der Waals surface area contributed by atoms with Crippen molar-refractivity contribution in [3.05, 3.63) is 21.2 Å². The number of nitrogens with one attached hydrogen (secondary N) is 1. The Morgan fingerprint density at radius 3 is 2.72 bits per heavy atom. The molecule has 2 rings (SSSR count). The highest BCUT2D eigenvalue weighted by molar-refractivity contribution is 9.11. The van der Waals surface area contributed by atoms with Crippen LogP contribution < -0.4 is 5.32 Å². The van der Waals surface area contributed by atoms with Gasteiger partial charge in [0.05, 0.1) is 10.1 Å². The normalized spacial score (nSPS) is 28.1. The number of rotatable bonds is 3. The summed E-state index contributed by atoms with van der Waals surface area (Å²) < 4.78 is 1.84. The number of anilines is 1. The number of aliphatic hydroxyl groups is 1. The molecular formula is C13H18Br2N2O. The second-order valence-electron chi connectivity index (χ2n) is 5.24. The van der Waals surface area contributed by atoms with Crippen molar-refractivity contribution in [3.63, 3.8) is 0 Å². The Labute approximate surface area is 125 Å². The Kier molecular flexibility index (Phi) is 4.67. The largest absolute Gasteiger partial charge is 0.388 e. The van der Waals surface area contributed by atoms with Crippen molar-refractivity contribution in [2.24, 2.45) is 5.92 Å². The molecule has 0 unspecified atom stereocenters. The molecule has 1 heterocycles. The van der Waals surface area contributed by atoms with Crippen LogP contribution in [-0.4, -0.2) is 22.2 Å². The summed E-state index contributed by atoms with van der Waals surface area (Å²) in [6.07, 6.45) is 5.70. The van der Waals surface area contributed by atoms with Crippen LogP contribution in [0.4, 0.5) is 5.82 Å². The third-order valence-electron chi connectivity index (χ3n) is 3.60. The molecule has 0 bridgehead atoms. The minimum absolute atomic E-state index is 0.562. The number of nitrogens with zero attached hydrogens (tertiary/aromatic N) is 1. The van der Waals surface area contributed by atoms with Gasteiger partial charge in [0, 0.05) is 17.2 Å². The molecule has 0 radical (unpaired) electrons. The van der Waals surface area contributed by atoms with E-state index >= 15 is 0 Å². The van der Waals surface area contributed by atoms with Crippen LogP contribution in [0.3, 0.4) is 0 Å². The van der Waals surface area contributed by atoms with Crippen molar-refractivity contribution in [1.29, 1.82) is 0 Å². The quantitative estimate of drug-likeness (QED) is 0.837. The number of hydrogen-bond donors (Lipinski definition) is 2. The van der Waals surface area contributed by atoms with Crippen molar-refractivity contribution in [3.8, 4) is 0 Å². The first-order valence-electron chi connectivity index (χ1n) is 6.26. The van der Waals surface area contributed by atoms with Crippen LogP contribution in [0.1, 0.15) is 32.6 Å². The van der Waals surface area contributed by atoms with Crippen LogP contribution >= 0.6 is 31.9 Å². The fourth-order valence-corrected chi connectivity index (χ4v) is 3.40. The monoisotopic (exact) mass is 376 g/mol. The molecular weight excluding hydrogens is 360 g/mol. The fourth-order valence-electron chi connectivity index (χ4n) is 2.27. The van der Waals surface area contributed by atoms with E-state index in [2.05, 4.69) is 49.1 Å². The lowest BCUT2D eigenvalue weighted by molar-refractivity contribution is 0.00494. The Morgan fingerprint density at radius 1 is 1.44 bits per heavy atom. The van der Waals surface area contributed by atoms with Crippen LogP contribution in [0, 0.1) is 5.92 Å². The smallest absolute Gasteiger partial charge is 0.140 e. The van der Waals surface area contributed by atoms with E-state index in [-0.39, 0.29) is 0 Å². The highest BCUT2D eigenvalue weighted by atomic mass is 79.9. The maximum atomic E-state index is 10.5. The van der Waals surface area contributed by atoms with Gasteiger partial charge in [-0.05, 0) is 69.5 Å². The van der Waals surface area contributed by atoms with Crippen molar-refractivity contribution < 1.29 is 5.11 Å². The van der Waals surface area contributed by atoms with Gasteiger partial charge in [0.25, 0.3) is 0 Å². The van der Waals surface area contributed by atoms with Gasteiger partial charge in [-0.3, -0.25) is 0 Å². The predicted octanol–water partition coefficient (Wildman–Crippen LogP) is 3.96. The predicted molar refractivity (Wildman–Crippen MR) is 80.7 cm³/mol. The van der Waals surface area contributed by atoms with Gasteiger partial charge in [-0.15, -0.1) is 0 Å². The summed E-state index contributed by atoms with van der Waals surface area (Å²) >= 11 is 6.83.